The van der Waals surface area contributed by atoms with Crippen LogP contribution in [0.25, 0.3) is 27.8 Å². The first-order chi connectivity index (χ1) is 13.2. The highest BCUT2D eigenvalue weighted by Gasteiger charge is 2.17. The van der Waals surface area contributed by atoms with Crippen molar-refractivity contribution in [2.75, 3.05) is 38.1 Å². The minimum Gasteiger partial charge on any atom is -0.355 e. The van der Waals surface area contributed by atoms with Crippen molar-refractivity contribution < 1.29 is 0 Å². The van der Waals surface area contributed by atoms with Gasteiger partial charge in [0.15, 0.2) is 11.3 Å². The van der Waals surface area contributed by atoms with Crippen molar-refractivity contribution in [1.82, 2.24) is 24.3 Å². The molecule has 1 aromatic carbocycles. The molecule has 1 fully saturated rings. The summed E-state index contributed by atoms with van der Waals surface area (Å²) in [5.74, 6) is 1.03. The number of hydrogen-bond donors (Lipinski definition) is 0. The first kappa shape index (κ1) is 16.4. The van der Waals surface area contributed by atoms with E-state index < -0.39 is 0 Å². The number of anilines is 1. The molecule has 0 saturated carbocycles. The van der Waals surface area contributed by atoms with Gasteiger partial charge in [0, 0.05) is 19.6 Å². The summed E-state index contributed by atoms with van der Waals surface area (Å²) in [5, 5.41) is 0. The fraction of sp³-hybridized carbons (Fsp3) is 0.381. The van der Waals surface area contributed by atoms with Crippen LogP contribution in [0.4, 0.5) is 5.82 Å². The predicted octanol–water partition coefficient (Wildman–Crippen LogP) is 3.14. The number of aryl methyl sites for hydroxylation is 1. The van der Waals surface area contributed by atoms with E-state index in [1.165, 1.54) is 0 Å². The Bertz CT molecular complexity index is 1130. The third-order valence-corrected chi connectivity index (χ3v) is 5.50. The minimum atomic E-state index is 0.850. The third kappa shape index (κ3) is 2.72. The van der Waals surface area contributed by atoms with Gasteiger partial charge in [-0.3, -0.25) is 4.40 Å². The summed E-state index contributed by atoms with van der Waals surface area (Å²) in [6.07, 6.45) is 2.01. The van der Waals surface area contributed by atoms with Gasteiger partial charge in [0.05, 0.1) is 16.7 Å². The molecule has 0 unspecified atom stereocenters. The number of benzene rings is 1. The van der Waals surface area contributed by atoms with Crippen LogP contribution in [0.3, 0.4) is 0 Å². The lowest BCUT2D eigenvalue weighted by atomic mass is 10.3. The summed E-state index contributed by atoms with van der Waals surface area (Å²) in [4.78, 5) is 19.5. The molecule has 4 heterocycles. The van der Waals surface area contributed by atoms with Crippen LogP contribution >= 0.6 is 0 Å². The van der Waals surface area contributed by atoms with Crippen LogP contribution in [0.1, 0.15) is 19.0 Å². The number of para-hydroxylation sites is 2. The van der Waals surface area contributed by atoms with Gasteiger partial charge in [0.2, 0.25) is 0 Å². The molecule has 1 saturated heterocycles. The van der Waals surface area contributed by atoms with Gasteiger partial charge in [0.1, 0.15) is 11.3 Å². The summed E-state index contributed by atoms with van der Waals surface area (Å²) in [6.45, 7) is 6.38. The number of nitrogens with zero attached hydrogens (tertiary/aromatic N) is 6. The topological polar surface area (TPSA) is 49.6 Å². The summed E-state index contributed by atoms with van der Waals surface area (Å²) >= 11 is 0. The van der Waals surface area contributed by atoms with Crippen molar-refractivity contribution in [2.24, 2.45) is 0 Å². The molecule has 0 atom stereocenters. The normalized spacial score (nSPS) is 16.4. The van der Waals surface area contributed by atoms with Gasteiger partial charge in [-0.15, -0.1) is 0 Å². The second-order valence-electron chi connectivity index (χ2n) is 7.33. The van der Waals surface area contributed by atoms with Gasteiger partial charge in [-0.25, -0.2) is 15.0 Å². The maximum absolute atomic E-state index is 5.06. The van der Waals surface area contributed by atoms with E-state index in [0.29, 0.717) is 0 Å². The van der Waals surface area contributed by atoms with Crippen LogP contribution in [0.15, 0.2) is 36.4 Å². The Balaban J connectivity index is 1.74. The molecular formula is C21H24N6. The average molecular weight is 360 g/mol. The first-order valence-corrected chi connectivity index (χ1v) is 9.75. The molecule has 0 bridgehead atoms. The third-order valence-electron chi connectivity index (χ3n) is 5.50. The summed E-state index contributed by atoms with van der Waals surface area (Å²) in [7, 11) is 2.19. The van der Waals surface area contributed by atoms with E-state index in [2.05, 4.69) is 58.5 Å². The lowest BCUT2D eigenvalue weighted by molar-refractivity contribution is 0.360. The smallest absolute Gasteiger partial charge is 0.167 e. The van der Waals surface area contributed by atoms with E-state index in [-0.39, 0.29) is 0 Å². The molecule has 0 amide bonds. The van der Waals surface area contributed by atoms with E-state index in [4.69, 9.17) is 15.0 Å². The van der Waals surface area contributed by atoms with Gasteiger partial charge >= 0.3 is 0 Å². The quantitative estimate of drug-likeness (QED) is 0.550. The maximum atomic E-state index is 5.06. The van der Waals surface area contributed by atoms with E-state index >= 15 is 0 Å². The minimum absolute atomic E-state index is 0.850. The Labute approximate surface area is 158 Å². The maximum Gasteiger partial charge on any atom is 0.167 e. The van der Waals surface area contributed by atoms with Crippen LogP contribution < -0.4 is 4.90 Å². The van der Waals surface area contributed by atoms with Gasteiger partial charge in [0.25, 0.3) is 0 Å². The molecule has 0 aliphatic carbocycles. The largest absolute Gasteiger partial charge is 0.355 e. The van der Waals surface area contributed by atoms with Gasteiger partial charge in [-0.1, -0.05) is 19.1 Å². The fourth-order valence-corrected chi connectivity index (χ4v) is 4.00. The highest BCUT2D eigenvalue weighted by atomic mass is 15.2. The number of rotatable bonds is 2. The molecule has 3 aromatic heterocycles. The van der Waals surface area contributed by atoms with Crippen molar-refractivity contribution in [3.8, 4) is 0 Å². The van der Waals surface area contributed by atoms with Crippen molar-refractivity contribution in [3.63, 3.8) is 0 Å². The number of hydrogen-bond acceptors (Lipinski definition) is 5. The molecule has 0 radical (unpaired) electrons. The number of pyridine rings is 1. The molecular weight excluding hydrogens is 336 g/mol. The van der Waals surface area contributed by atoms with Crippen LogP contribution in [0.5, 0.6) is 0 Å². The zero-order valence-corrected chi connectivity index (χ0v) is 15.9. The number of likely N-dealkylation sites (N-methyl/N-ethyl adjacent to an activating group) is 1. The predicted molar refractivity (Wildman–Crippen MR) is 109 cm³/mol. The second-order valence-corrected chi connectivity index (χ2v) is 7.33. The lowest BCUT2D eigenvalue weighted by Crippen LogP contribution is -2.29. The van der Waals surface area contributed by atoms with E-state index in [1.807, 2.05) is 6.07 Å². The van der Waals surface area contributed by atoms with Crippen LogP contribution in [-0.2, 0) is 6.42 Å². The Morgan fingerprint density at radius 3 is 2.63 bits per heavy atom. The zero-order chi connectivity index (χ0) is 18.4. The lowest BCUT2D eigenvalue weighted by Gasteiger charge is -2.22. The molecule has 0 spiro atoms. The standard InChI is InChI=1S/C21H24N6/c1-3-15-20-23-16-7-4-5-8-18(16)27(20)21-17(22-15)9-10-19(24-21)26-12-6-11-25(2)13-14-26/h4-5,7-10H,3,6,11-14H2,1-2H3. The van der Waals surface area contributed by atoms with Crippen molar-refractivity contribution in [1.29, 1.82) is 0 Å². The highest BCUT2D eigenvalue weighted by molar-refractivity contribution is 5.88. The molecule has 0 N–H and O–H groups in total. The van der Waals surface area contributed by atoms with E-state index in [9.17, 15) is 0 Å². The average Bonchev–Trinajstić information content (AvgIpc) is 2.96. The summed E-state index contributed by atoms with van der Waals surface area (Å²) in [5.41, 5.74) is 5.85. The number of fused-ring (bicyclic) bond motifs is 5. The van der Waals surface area contributed by atoms with Gasteiger partial charge in [-0.2, -0.15) is 0 Å². The summed E-state index contributed by atoms with van der Waals surface area (Å²) in [6, 6.07) is 12.5. The molecule has 138 valence electrons. The molecule has 27 heavy (non-hydrogen) atoms. The number of aromatic nitrogens is 4. The second kappa shape index (κ2) is 6.46. The molecule has 5 rings (SSSR count). The Morgan fingerprint density at radius 2 is 1.74 bits per heavy atom. The van der Waals surface area contributed by atoms with Crippen LogP contribution in [0, 0.1) is 0 Å². The monoisotopic (exact) mass is 360 g/mol. The SMILES string of the molecule is CCc1nc2ccc(N3CCCN(C)CC3)nc2n2c1nc1ccccc12. The molecule has 1 aliphatic rings. The van der Waals surface area contributed by atoms with Crippen molar-refractivity contribution in [3.05, 3.63) is 42.1 Å². The summed E-state index contributed by atoms with van der Waals surface area (Å²) < 4.78 is 2.18. The van der Waals surface area contributed by atoms with Gasteiger partial charge in [-0.05, 0) is 50.7 Å². The molecule has 1 aliphatic heterocycles. The fourth-order valence-electron chi connectivity index (χ4n) is 4.00. The van der Waals surface area contributed by atoms with Gasteiger partial charge < -0.3 is 9.80 Å². The Morgan fingerprint density at radius 1 is 0.852 bits per heavy atom. The molecule has 6 heteroatoms. The Kier molecular flexibility index (Phi) is 3.93. The highest BCUT2D eigenvalue weighted by Crippen LogP contribution is 2.25. The van der Waals surface area contributed by atoms with E-state index in [0.717, 1.165) is 78.4 Å². The van der Waals surface area contributed by atoms with Crippen molar-refractivity contribution >= 4 is 33.7 Å². The Hall–Kier alpha value is -2.73. The van der Waals surface area contributed by atoms with E-state index in [1.54, 1.807) is 0 Å². The zero-order valence-electron chi connectivity index (χ0n) is 15.9. The molecule has 4 aromatic rings. The number of imidazole rings is 1. The first-order valence-electron chi connectivity index (χ1n) is 9.75. The van der Waals surface area contributed by atoms with Crippen LogP contribution in [0.2, 0.25) is 0 Å². The molecule has 6 nitrogen and oxygen atoms in total. The van der Waals surface area contributed by atoms with Crippen LogP contribution in [-0.4, -0.2) is 57.5 Å². The van der Waals surface area contributed by atoms with Crippen molar-refractivity contribution in [2.45, 2.75) is 19.8 Å².